The Bertz CT molecular complexity index is 826. The Morgan fingerprint density at radius 2 is 1.95 bits per heavy atom. The summed E-state index contributed by atoms with van der Waals surface area (Å²) in [6.07, 6.45) is -3.10. The van der Waals surface area contributed by atoms with Crippen LogP contribution in [0.3, 0.4) is 0 Å². The Kier molecular flexibility index (Phi) is 3.21. The van der Waals surface area contributed by atoms with Gasteiger partial charge in [0.1, 0.15) is 16.9 Å². The van der Waals surface area contributed by atoms with E-state index in [2.05, 4.69) is 5.32 Å². The Balaban J connectivity index is 2.17. The number of methoxy groups -OCH3 is 1. The topological polar surface area (TPSA) is 51.5 Å². The molecule has 0 bridgehead atoms. The van der Waals surface area contributed by atoms with Gasteiger partial charge in [-0.2, -0.15) is 8.78 Å². The molecule has 0 aliphatic heterocycles. The van der Waals surface area contributed by atoms with Crippen molar-refractivity contribution in [1.29, 1.82) is 0 Å². The molecule has 0 unspecified atom stereocenters. The molecule has 3 rings (SSSR count). The summed E-state index contributed by atoms with van der Waals surface area (Å²) in [5.74, 6) is -1.09. The number of carbonyl (C=O) groups is 1. The number of fused-ring (bicyclic) bond motifs is 3. The molecule has 1 N–H and O–H groups in total. The summed E-state index contributed by atoms with van der Waals surface area (Å²) in [5, 5.41) is 3.80. The second-order valence-electron chi connectivity index (χ2n) is 4.44. The second-order valence-corrected chi connectivity index (χ2v) is 4.44. The molecular formula is C15H11F2NO3. The van der Waals surface area contributed by atoms with Crippen LogP contribution in [0.2, 0.25) is 0 Å². The van der Waals surface area contributed by atoms with Crippen LogP contribution in [0.15, 0.2) is 40.8 Å². The van der Waals surface area contributed by atoms with Crippen LogP contribution in [0.4, 0.5) is 14.5 Å². The molecule has 21 heavy (non-hydrogen) atoms. The summed E-state index contributed by atoms with van der Waals surface area (Å²) in [6, 6.07) is 10.5. The van der Waals surface area contributed by atoms with E-state index in [-0.39, 0.29) is 5.69 Å². The van der Waals surface area contributed by atoms with Crippen molar-refractivity contribution in [3.63, 3.8) is 0 Å². The zero-order valence-corrected chi connectivity index (χ0v) is 11.0. The number of anilines is 1. The van der Waals surface area contributed by atoms with Crippen molar-refractivity contribution in [2.75, 3.05) is 12.4 Å². The molecule has 2 aromatic carbocycles. The van der Waals surface area contributed by atoms with Crippen LogP contribution in [0.25, 0.3) is 21.9 Å². The number of ether oxygens (including phenoxy) is 1. The van der Waals surface area contributed by atoms with Gasteiger partial charge in [0.2, 0.25) is 0 Å². The van der Waals surface area contributed by atoms with E-state index >= 15 is 0 Å². The number of para-hydroxylation sites is 1. The molecule has 0 aliphatic rings. The quantitative estimate of drug-likeness (QED) is 0.798. The monoisotopic (exact) mass is 291 g/mol. The standard InChI is InChI=1S/C15H11F2NO3/c1-20-13-6-9-8-4-2-3-5-11(8)21-12(9)7-10(13)18-15(19)14(16)17/h2-7,14H,1H3,(H,18,19). The highest BCUT2D eigenvalue weighted by molar-refractivity contribution is 6.07. The molecule has 108 valence electrons. The Hall–Kier alpha value is -2.63. The molecule has 0 aliphatic carbocycles. The Morgan fingerprint density at radius 3 is 2.67 bits per heavy atom. The lowest BCUT2D eigenvalue weighted by molar-refractivity contribution is -0.126. The summed E-state index contributed by atoms with van der Waals surface area (Å²) in [5.41, 5.74) is 1.31. The third kappa shape index (κ3) is 2.29. The molecule has 0 atom stereocenters. The lowest BCUT2D eigenvalue weighted by Gasteiger charge is -2.09. The summed E-state index contributed by atoms with van der Waals surface area (Å²) in [7, 11) is 1.40. The van der Waals surface area contributed by atoms with Crippen molar-refractivity contribution in [2.45, 2.75) is 6.43 Å². The number of rotatable bonds is 3. The lowest BCUT2D eigenvalue weighted by atomic mass is 10.1. The fourth-order valence-corrected chi connectivity index (χ4v) is 2.21. The van der Waals surface area contributed by atoms with Gasteiger partial charge in [-0.3, -0.25) is 4.79 Å². The van der Waals surface area contributed by atoms with Gasteiger partial charge in [-0.05, 0) is 12.1 Å². The predicted octanol–water partition coefficient (Wildman–Crippen LogP) is 3.80. The number of alkyl halides is 2. The van der Waals surface area contributed by atoms with Crippen molar-refractivity contribution in [1.82, 2.24) is 0 Å². The normalized spacial score (nSPS) is 11.2. The Morgan fingerprint density at radius 1 is 1.19 bits per heavy atom. The number of benzene rings is 2. The zero-order valence-electron chi connectivity index (χ0n) is 11.0. The van der Waals surface area contributed by atoms with Crippen LogP contribution >= 0.6 is 0 Å². The van der Waals surface area contributed by atoms with Gasteiger partial charge in [0.25, 0.3) is 5.91 Å². The highest BCUT2D eigenvalue weighted by atomic mass is 19.3. The van der Waals surface area contributed by atoms with E-state index in [0.29, 0.717) is 16.9 Å². The van der Waals surface area contributed by atoms with E-state index in [4.69, 9.17) is 9.15 Å². The van der Waals surface area contributed by atoms with Gasteiger partial charge in [0.15, 0.2) is 0 Å². The average molecular weight is 291 g/mol. The highest BCUT2D eigenvalue weighted by Crippen LogP contribution is 2.36. The molecule has 0 saturated carbocycles. The first-order valence-corrected chi connectivity index (χ1v) is 6.18. The van der Waals surface area contributed by atoms with E-state index in [1.165, 1.54) is 13.2 Å². The first-order chi connectivity index (χ1) is 10.1. The molecule has 0 spiro atoms. The molecule has 0 fully saturated rings. The number of carbonyl (C=O) groups excluding carboxylic acids is 1. The van der Waals surface area contributed by atoms with E-state index in [1.54, 1.807) is 12.1 Å². The minimum absolute atomic E-state index is 0.148. The summed E-state index contributed by atoms with van der Waals surface area (Å²) >= 11 is 0. The van der Waals surface area contributed by atoms with Crippen molar-refractivity contribution in [3.8, 4) is 5.75 Å². The third-order valence-corrected chi connectivity index (χ3v) is 3.15. The molecule has 0 radical (unpaired) electrons. The maximum Gasteiger partial charge on any atom is 0.315 e. The summed E-state index contributed by atoms with van der Waals surface area (Å²) in [6.45, 7) is 0. The van der Waals surface area contributed by atoms with Crippen molar-refractivity contribution in [3.05, 3.63) is 36.4 Å². The van der Waals surface area contributed by atoms with Gasteiger partial charge < -0.3 is 14.5 Å². The minimum atomic E-state index is -3.10. The third-order valence-electron chi connectivity index (χ3n) is 3.15. The van der Waals surface area contributed by atoms with Crippen LogP contribution < -0.4 is 10.1 Å². The molecule has 3 aromatic rings. The number of hydrogen-bond donors (Lipinski definition) is 1. The second kappa shape index (κ2) is 5.05. The van der Waals surface area contributed by atoms with Crippen LogP contribution in [0.1, 0.15) is 0 Å². The molecule has 1 aromatic heterocycles. The van der Waals surface area contributed by atoms with E-state index in [0.717, 1.165) is 10.8 Å². The van der Waals surface area contributed by atoms with Gasteiger partial charge in [-0.1, -0.05) is 18.2 Å². The van der Waals surface area contributed by atoms with Gasteiger partial charge in [-0.25, -0.2) is 0 Å². The minimum Gasteiger partial charge on any atom is -0.495 e. The lowest BCUT2D eigenvalue weighted by Crippen LogP contribution is -2.20. The van der Waals surface area contributed by atoms with Crippen molar-refractivity contribution in [2.24, 2.45) is 0 Å². The maximum atomic E-state index is 12.4. The van der Waals surface area contributed by atoms with Gasteiger partial charge >= 0.3 is 6.43 Å². The van der Waals surface area contributed by atoms with Crippen LogP contribution in [0, 0.1) is 0 Å². The average Bonchev–Trinajstić information content (AvgIpc) is 2.83. The predicted molar refractivity (Wildman–Crippen MR) is 74.9 cm³/mol. The van der Waals surface area contributed by atoms with Crippen molar-refractivity contribution < 1.29 is 22.7 Å². The van der Waals surface area contributed by atoms with Gasteiger partial charge in [-0.15, -0.1) is 0 Å². The van der Waals surface area contributed by atoms with Gasteiger partial charge in [0.05, 0.1) is 12.8 Å². The van der Waals surface area contributed by atoms with Crippen molar-refractivity contribution >= 4 is 33.5 Å². The Labute approximate surface area is 118 Å². The smallest absolute Gasteiger partial charge is 0.315 e. The summed E-state index contributed by atoms with van der Waals surface area (Å²) in [4.78, 5) is 11.1. The molecular weight excluding hydrogens is 280 g/mol. The number of halogens is 2. The van der Waals surface area contributed by atoms with E-state index in [9.17, 15) is 13.6 Å². The SMILES string of the molecule is COc1cc2c(cc1NC(=O)C(F)F)oc1ccccc12. The van der Waals surface area contributed by atoms with Crippen LogP contribution in [0.5, 0.6) is 5.75 Å². The zero-order chi connectivity index (χ0) is 15.0. The largest absolute Gasteiger partial charge is 0.495 e. The molecule has 1 amide bonds. The van der Waals surface area contributed by atoms with Gasteiger partial charge in [0, 0.05) is 16.8 Å². The van der Waals surface area contributed by atoms with Crippen LogP contribution in [-0.4, -0.2) is 19.4 Å². The molecule has 4 nitrogen and oxygen atoms in total. The summed E-state index contributed by atoms with van der Waals surface area (Å²) < 4.78 is 35.5. The van der Waals surface area contributed by atoms with E-state index in [1.807, 2.05) is 18.2 Å². The first kappa shape index (κ1) is 13.4. The fraction of sp³-hybridized carbons (Fsp3) is 0.133. The molecule has 0 saturated heterocycles. The number of nitrogens with one attached hydrogen (secondary N) is 1. The maximum absolute atomic E-state index is 12.4. The molecule has 1 heterocycles. The highest BCUT2D eigenvalue weighted by Gasteiger charge is 2.19. The number of hydrogen-bond acceptors (Lipinski definition) is 3. The number of furan rings is 1. The number of amides is 1. The van der Waals surface area contributed by atoms with Crippen LogP contribution in [-0.2, 0) is 4.79 Å². The fourth-order valence-electron chi connectivity index (χ4n) is 2.21. The van der Waals surface area contributed by atoms with E-state index < -0.39 is 12.3 Å². The molecule has 6 heteroatoms. The first-order valence-electron chi connectivity index (χ1n) is 6.18.